The number of phenols is 1. The number of fused-ring (bicyclic) bond motifs is 1. The average Bonchev–Trinajstić information content (AvgIpc) is 2.68. The number of benzene rings is 2. The quantitative estimate of drug-likeness (QED) is 0.531. The van der Waals surface area contributed by atoms with Crippen LogP contribution >= 0.6 is 11.6 Å². The molecule has 2 heterocycles. The van der Waals surface area contributed by atoms with E-state index in [0.29, 0.717) is 27.5 Å². The molecule has 0 radical (unpaired) electrons. The van der Waals surface area contributed by atoms with Crippen LogP contribution in [-0.4, -0.2) is 16.0 Å². The average molecular weight is 392 g/mol. The molecule has 28 heavy (non-hydrogen) atoms. The van der Waals surface area contributed by atoms with Gasteiger partial charge in [-0.15, -0.1) is 0 Å². The molecule has 0 aliphatic heterocycles. The summed E-state index contributed by atoms with van der Waals surface area (Å²) in [5.41, 5.74) is 1.25. The molecule has 7 heteroatoms. The lowest BCUT2D eigenvalue weighted by Gasteiger charge is -2.06. The molecule has 4 aromatic rings. The molecule has 0 atom stereocenters. The Kier molecular flexibility index (Phi) is 4.78. The minimum atomic E-state index is -0.418. The van der Waals surface area contributed by atoms with Crippen LogP contribution in [0.5, 0.6) is 5.75 Å². The van der Waals surface area contributed by atoms with Crippen LogP contribution in [0, 0.1) is 0 Å². The lowest BCUT2D eigenvalue weighted by Crippen LogP contribution is -2.22. The zero-order valence-electron chi connectivity index (χ0n) is 14.5. The first-order valence-corrected chi connectivity index (χ1v) is 8.76. The third kappa shape index (κ3) is 3.87. The molecule has 2 aromatic carbocycles. The number of nitrogens with zero attached hydrogens (tertiary/aromatic N) is 2. The van der Waals surface area contributed by atoms with E-state index in [1.54, 1.807) is 60.8 Å². The lowest BCUT2D eigenvalue weighted by atomic mass is 10.1. The second kappa shape index (κ2) is 7.54. The molecule has 2 aromatic heterocycles. The first-order valence-electron chi connectivity index (χ1n) is 8.38. The molecule has 0 aliphatic carbocycles. The number of hydrogen-bond donors (Lipinski definition) is 2. The number of amides is 1. The molecule has 0 fully saturated rings. The number of phenolic OH excluding ortho intramolecular Hbond substituents is 1. The summed E-state index contributed by atoms with van der Waals surface area (Å²) in [4.78, 5) is 21.4. The first kappa shape index (κ1) is 17.8. The van der Waals surface area contributed by atoms with Crippen LogP contribution in [-0.2, 0) is 0 Å². The number of rotatable bonds is 3. The van der Waals surface area contributed by atoms with E-state index < -0.39 is 5.91 Å². The van der Waals surface area contributed by atoms with Crippen LogP contribution in [0.15, 0.2) is 82.3 Å². The molecular formula is C21H14ClN3O3. The summed E-state index contributed by atoms with van der Waals surface area (Å²) >= 11 is 6.03. The van der Waals surface area contributed by atoms with Gasteiger partial charge in [0.1, 0.15) is 22.7 Å². The van der Waals surface area contributed by atoms with Gasteiger partial charge in [-0.05, 0) is 48.5 Å². The van der Waals surface area contributed by atoms with Crippen molar-refractivity contribution in [3.8, 4) is 5.75 Å². The second-order valence-corrected chi connectivity index (χ2v) is 6.38. The largest absolute Gasteiger partial charge is 0.508 e. The number of hydrogen-bond acceptors (Lipinski definition) is 5. The third-order valence-corrected chi connectivity index (χ3v) is 4.16. The zero-order chi connectivity index (χ0) is 19.5. The van der Waals surface area contributed by atoms with E-state index in [9.17, 15) is 9.90 Å². The Morgan fingerprint density at radius 2 is 1.96 bits per heavy atom. The Balaban J connectivity index is 1.87. The van der Waals surface area contributed by atoms with Gasteiger partial charge in [-0.3, -0.25) is 4.79 Å². The molecule has 4 rings (SSSR count). The number of carbonyl (C=O) groups excluding carboxylic acids is 1. The normalized spacial score (nSPS) is 11.5. The standard InChI is InChI=1S/C21H14ClN3O3/c22-14-4-3-5-15(11-14)24-21-17(20(27)25-19-6-1-2-9-23-19)10-13-7-8-16(26)12-18(13)28-21/h1-12,26H,(H,23,25,27). The van der Waals surface area contributed by atoms with Crippen molar-refractivity contribution in [2.24, 2.45) is 4.99 Å². The van der Waals surface area contributed by atoms with Gasteiger partial charge in [0, 0.05) is 22.7 Å². The summed E-state index contributed by atoms with van der Waals surface area (Å²) < 4.78 is 5.83. The number of pyridine rings is 1. The van der Waals surface area contributed by atoms with E-state index >= 15 is 0 Å². The van der Waals surface area contributed by atoms with Gasteiger partial charge in [0.15, 0.2) is 0 Å². The van der Waals surface area contributed by atoms with Crippen LogP contribution in [0.1, 0.15) is 10.4 Å². The van der Waals surface area contributed by atoms with E-state index in [0.717, 1.165) is 0 Å². The van der Waals surface area contributed by atoms with E-state index in [1.807, 2.05) is 0 Å². The monoisotopic (exact) mass is 391 g/mol. The molecule has 138 valence electrons. The van der Waals surface area contributed by atoms with Gasteiger partial charge in [0.2, 0.25) is 5.55 Å². The van der Waals surface area contributed by atoms with E-state index in [1.165, 1.54) is 12.1 Å². The van der Waals surface area contributed by atoms with Gasteiger partial charge in [-0.2, -0.15) is 0 Å². The summed E-state index contributed by atoms with van der Waals surface area (Å²) in [5.74, 6) is 0.0425. The van der Waals surface area contributed by atoms with Crippen molar-refractivity contribution >= 4 is 40.0 Å². The van der Waals surface area contributed by atoms with Gasteiger partial charge in [-0.25, -0.2) is 9.98 Å². The highest BCUT2D eigenvalue weighted by atomic mass is 35.5. The fourth-order valence-corrected chi connectivity index (χ4v) is 2.82. The van der Waals surface area contributed by atoms with Gasteiger partial charge in [0.05, 0.1) is 5.69 Å². The Bertz CT molecular complexity index is 1240. The number of anilines is 1. The van der Waals surface area contributed by atoms with Gasteiger partial charge in [0.25, 0.3) is 5.91 Å². The minimum Gasteiger partial charge on any atom is -0.508 e. The van der Waals surface area contributed by atoms with Gasteiger partial charge >= 0.3 is 0 Å². The smallest absolute Gasteiger partial charge is 0.262 e. The Morgan fingerprint density at radius 3 is 2.75 bits per heavy atom. The maximum Gasteiger partial charge on any atom is 0.262 e. The summed E-state index contributed by atoms with van der Waals surface area (Å²) in [6, 6.07) is 18.4. The molecule has 6 nitrogen and oxygen atoms in total. The number of halogens is 1. The molecule has 2 N–H and O–H groups in total. The second-order valence-electron chi connectivity index (χ2n) is 5.95. The summed E-state index contributed by atoms with van der Waals surface area (Å²) in [7, 11) is 0. The van der Waals surface area contributed by atoms with Crippen LogP contribution in [0.25, 0.3) is 11.0 Å². The van der Waals surface area contributed by atoms with Crippen molar-refractivity contribution in [2.75, 3.05) is 5.32 Å². The predicted molar refractivity (Wildman–Crippen MR) is 107 cm³/mol. The van der Waals surface area contributed by atoms with Crippen molar-refractivity contribution in [2.45, 2.75) is 0 Å². The highest BCUT2D eigenvalue weighted by Gasteiger charge is 2.14. The zero-order valence-corrected chi connectivity index (χ0v) is 15.2. The van der Waals surface area contributed by atoms with E-state index in [-0.39, 0.29) is 16.9 Å². The number of carbonyl (C=O) groups is 1. The molecule has 0 aliphatic rings. The van der Waals surface area contributed by atoms with Crippen molar-refractivity contribution in [1.29, 1.82) is 0 Å². The van der Waals surface area contributed by atoms with Crippen molar-refractivity contribution in [3.63, 3.8) is 0 Å². The topological polar surface area (TPSA) is 87.7 Å². The van der Waals surface area contributed by atoms with Crippen LogP contribution < -0.4 is 10.9 Å². The highest BCUT2D eigenvalue weighted by molar-refractivity contribution is 6.30. The van der Waals surface area contributed by atoms with E-state index in [4.69, 9.17) is 16.0 Å². The number of nitrogens with one attached hydrogen (secondary N) is 1. The first-order chi connectivity index (χ1) is 13.6. The van der Waals surface area contributed by atoms with Gasteiger partial charge < -0.3 is 14.8 Å². The Hall–Kier alpha value is -3.64. The molecule has 0 bridgehead atoms. The number of aromatic nitrogens is 1. The minimum absolute atomic E-state index is 0.0515. The summed E-state index contributed by atoms with van der Waals surface area (Å²) in [5, 5.41) is 13.6. The van der Waals surface area contributed by atoms with Gasteiger partial charge in [-0.1, -0.05) is 23.7 Å². The SMILES string of the molecule is O=C(Nc1ccccn1)c1cc2ccc(O)cc2oc1=Nc1cccc(Cl)c1. The van der Waals surface area contributed by atoms with Crippen LogP contribution in [0.4, 0.5) is 11.5 Å². The van der Waals surface area contributed by atoms with Crippen molar-refractivity contribution < 1.29 is 14.3 Å². The summed E-state index contributed by atoms with van der Waals surface area (Å²) in [6.07, 6.45) is 1.58. The van der Waals surface area contributed by atoms with Crippen molar-refractivity contribution in [1.82, 2.24) is 4.98 Å². The molecule has 0 saturated carbocycles. The Morgan fingerprint density at radius 1 is 1.07 bits per heavy atom. The fourth-order valence-electron chi connectivity index (χ4n) is 2.64. The number of aromatic hydroxyl groups is 1. The maximum atomic E-state index is 12.9. The van der Waals surface area contributed by atoms with Crippen LogP contribution in [0.2, 0.25) is 5.02 Å². The Labute approximate surface area is 164 Å². The lowest BCUT2D eigenvalue weighted by molar-refractivity contribution is 0.102. The molecule has 0 unspecified atom stereocenters. The summed E-state index contributed by atoms with van der Waals surface area (Å²) in [6.45, 7) is 0. The van der Waals surface area contributed by atoms with Crippen molar-refractivity contribution in [3.05, 3.63) is 89.1 Å². The van der Waals surface area contributed by atoms with E-state index in [2.05, 4.69) is 15.3 Å². The highest BCUT2D eigenvalue weighted by Crippen LogP contribution is 2.21. The van der Waals surface area contributed by atoms with Crippen LogP contribution in [0.3, 0.4) is 0 Å². The predicted octanol–water partition coefficient (Wildman–Crippen LogP) is 4.67. The molecular weight excluding hydrogens is 378 g/mol. The maximum absolute atomic E-state index is 12.9. The molecule has 0 saturated heterocycles. The molecule has 1 amide bonds. The fraction of sp³-hybridized carbons (Fsp3) is 0. The third-order valence-electron chi connectivity index (χ3n) is 3.92. The molecule has 0 spiro atoms.